The molecule has 4 aliphatic rings. The first-order chi connectivity index (χ1) is 22.0. The molecule has 20 heteroatoms. The van der Waals surface area contributed by atoms with Crippen molar-refractivity contribution in [2.45, 2.75) is 39.7 Å². The van der Waals surface area contributed by atoms with Gasteiger partial charge in [-0.05, 0) is 41.6 Å². The van der Waals surface area contributed by atoms with Crippen LogP contribution in [0.1, 0.15) is 6.42 Å². The Morgan fingerprint density at radius 1 is 0.894 bits per heavy atom. The van der Waals surface area contributed by atoms with Gasteiger partial charge in [0, 0.05) is 59.7 Å². The lowest BCUT2D eigenvalue weighted by atomic mass is 9.28. The number of pyridine rings is 2. The predicted molar refractivity (Wildman–Crippen MR) is 217 cm³/mol. The fourth-order valence-electron chi connectivity index (χ4n) is 7.17. The summed E-state index contributed by atoms with van der Waals surface area (Å²) >= 11 is 0. The summed E-state index contributed by atoms with van der Waals surface area (Å²) in [6.07, 6.45) is 11.4. The van der Waals surface area contributed by atoms with E-state index in [0.717, 1.165) is 64.8 Å². The van der Waals surface area contributed by atoms with Gasteiger partial charge in [-0.15, -0.1) is 5.10 Å². The molecule has 0 saturated carbocycles. The third-order valence-electron chi connectivity index (χ3n) is 10.6. The van der Waals surface area contributed by atoms with Gasteiger partial charge in [-0.2, -0.15) is 5.10 Å². The number of anilines is 1. The number of ether oxygens (including phenoxy) is 2. The first-order valence-electron chi connectivity index (χ1n) is 16.9. The Morgan fingerprint density at radius 2 is 1.64 bits per heavy atom. The van der Waals surface area contributed by atoms with Crippen molar-refractivity contribution in [3.8, 4) is 16.9 Å². The van der Waals surface area contributed by atoms with Gasteiger partial charge in [0.2, 0.25) is 0 Å². The Hall–Kier alpha value is -3.40. The molecule has 0 aromatic carbocycles. The number of allylic oxidation sites excluding steroid dienone is 2. The van der Waals surface area contributed by atoms with Crippen molar-refractivity contribution < 1.29 is 9.47 Å². The molecule has 4 aromatic rings. The molecule has 230 valence electrons. The number of nitrogens with zero attached hydrogens (tertiary/aromatic N) is 6. The minimum absolute atomic E-state index is 0.0442. The maximum atomic E-state index is 6.61. The van der Waals surface area contributed by atoms with E-state index in [-0.39, 0.29) is 15.7 Å². The first kappa shape index (κ1) is 32.2. The Kier molecular flexibility index (Phi) is 7.58. The van der Waals surface area contributed by atoms with Gasteiger partial charge in [0.1, 0.15) is 66.5 Å². The molecule has 0 radical (unpaired) electrons. The summed E-state index contributed by atoms with van der Waals surface area (Å²) in [5.41, 5.74) is 5.16. The summed E-state index contributed by atoms with van der Waals surface area (Å²) in [5, 5.41) is 15.8. The van der Waals surface area contributed by atoms with Gasteiger partial charge in [-0.3, -0.25) is 10.00 Å². The van der Waals surface area contributed by atoms with Crippen LogP contribution in [0, 0.1) is 0 Å². The van der Waals surface area contributed by atoms with Crippen LogP contribution in [0.25, 0.3) is 27.7 Å². The van der Waals surface area contributed by atoms with Crippen molar-refractivity contribution in [3.63, 3.8) is 0 Å². The van der Waals surface area contributed by atoms with Crippen LogP contribution in [0.4, 0.5) is 5.82 Å². The number of rotatable bonds is 9. The van der Waals surface area contributed by atoms with Gasteiger partial charge in [0.15, 0.2) is 11.5 Å². The van der Waals surface area contributed by atoms with Crippen molar-refractivity contribution in [1.82, 2.24) is 35.0 Å². The van der Waals surface area contributed by atoms with Gasteiger partial charge in [0.25, 0.3) is 0 Å². The lowest BCUT2D eigenvalue weighted by Gasteiger charge is -2.63. The largest absolute Gasteiger partial charge is 0.505 e. The van der Waals surface area contributed by atoms with Crippen molar-refractivity contribution in [1.29, 1.82) is 0 Å². The molecule has 0 spiro atoms. The summed E-state index contributed by atoms with van der Waals surface area (Å²) in [7, 11) is 21.8. The average Bonchev–Trinajstić information content (AvgIpc) is 3.57. The Morgan fingerprint density at radius 3 is 2.26 bits per heavy atom. The number of aromatic amines is 1. The molecule has 4 aromatic heterocycles. The van der Waals surface area contributed by atoms with Crippen LogP contribution >= 0.6 is 0 Å². The molecule has 2 N–H and O–H groups in total. The monoisotopic (exact) mass is 618 g/mol. The minimum atomic E-state index is -0.391. The molecule has 47 heavy (non-hydrogen) atoms. The highest BCUT2D eigenvalue weighted by atomic mass is 16.5. The van der Waals surface area contributed by atoms with Crippen LogP contribution in [0.15, 0.2) is 60.4 Å². The van der Waals surface area contributed by atoms with Gasteiger partial charge >= 0.3 is 0 Å². The first-order valence-corrected chi connectivity index (χ1v) is 16.9. The Bertz CT molecular complexity index is 1890. The van der Waals surface area contributed by atoms with Crippen molar-refractivity contribution >= 4 is 101 Å². The Balaban J connectivity index is 1.11. The molecule has 10 nitrogen and oxygen atoms in total. The van der Waals surface area contributed by atoms with Crippen LogP contribution in [0.5, 0.6) is 5.75 Å². The number of nitrogens with one attached hydrogen (secondary N) is 2. The van der Waals surface area contributed by atoms with Crippen LogP contribution in [0.3, 0.4) is 0 Å². The van der Waals surface area contributed by atoms with Crippen LogP contribution < -0.4 is 15.0 Å². The number of piperazine rings is 1. The zero-order chi connectivity index (χ0) is 33.5. The number of hydrogen-bond acceptors (Lipinski definition) is 8. The molecular formula is C27H40B10N8O2. The van der Waals surface area contributed by atoms with E-state index in [9.17, 15) is 0 Å². The summed E-state index contributed by atoms with van der Waals surface area (Å²) in [4.78, 5) is 10.2. The van der Waals surface area contributed by atoms with E-state index in [4.69, 9.17) is 19.6 Å². The van der Waals surface area contributed by atoms with E-state index in [1.165, 1.54) is 12.0 Å². The van der Waals surface area contributed by atoms with Crippen LogP contribution in [0.2, 0.25) is 5.11 Å². The maximum Gasteiger partial charge on any atom is 0.185 e. The summed E-state index contributed by atoms with van der Waals surface area (Å²) in [5.74, 6) is 2.63. The van der Waals surface area contributed by atoms with E-state index >= 15 is 0 Å². The van der Waals surface area contributed by atoms with Crippen molar-refractivity contribution in [3.05, 3.63) is 60.4 Å². The Labute approximate surface area is 286 Å². The van der Waals surface area contributed by atoms with Crippen LogP contribution in [-0.2, 0) is 4.74 Å². The number of H-pyrrole nitrogens is 1. The smallest absolute Gasteiger partial charge is 0.185 e. The SMILES string of the molecule is BC(B)(B)OC1=CC=C(C(B)(B)N2C3CC2CN(c2ccc(-c4cc(OC(B)(B)C(B)(B)B)cn5nc6[nH]ncc6c45)cn2)C3)CN1. The van der Waals surface area contributed by atoms with Crippen LogP contribution in [-0.4, -0.2) is 156 Å². The molecule has 3 saturated heterocycles. The van der Waals surface area contributed by atoms with Crippen molar-refractivity contribution in [2.24, 2.45) is 0 Å². The lowest BCUT2D eigenvalue weighted by Crippen LogP contribution is -2.76. The molecule has 3 fully saturated rings. The predicted octanol–water partition coefficient (Wildman–Crippen LogP) is -7.37. The number of hydrogen-bond donors (Lipinski definition) is 2. The standard InChI is InChI=1S/C27H40B10N8O2/c28-24(29,14-2-4-21(39-8-14)47-27(35,36)37)45-15-5-16(45)11-43(10-15)20-3-1-13(7-38-20)18-6-17(46-26(33,34)25(30,31)32)12-44-22(18)19-9-40-41-23(19)42-44/h1-4,6-7,9,12,15-16,39H,5,8,10-11,28-37H2,(H,41,42). The molecule has 4 aliphatic heterocycles. The third kappa shape index (κ3) is 5.85. The number of piperidine rings is 1. The molecule has 8 heterocycles. The summed E-state index contributed by atoms with van der Waals surface area (Å²) < 4.78 is 14.6. The molecule has 0 aliphatic carbocycles. The van der Waals surface area contributed by atoms with E-state index in [1.807, 2.05) is 23.1 Å². The average molecular weight is 617 g/mol. The second kappa shape index (κ2) is 11.1. The fourth-order valence-corrected chi connectivity index (χ4v) is 7.17. The van der Waals surface area contributed by atoms with Crippen molar-refractivity contribution in [2.75, 3.05) is 24.5 Å². The van der Waals surface area contributed by atoms with E-state index < -0.39 is 5.40 Å². The van der Waals surface area contributed by atoms with Gasteiger partial charge < -0.3 is 19.7 Å². The number of fused-ring (bicyclic) bond motifs is 5. The third-order valence-corrected chi connectivity index (χ3v) is 10.6. The minimum Gasteiger partial charge on any atom is -0.505 e. The topological polar surface area (TPSA) is 95.8 Å². The molecule has 0 amide bonds. The van der Waals surface area contributed by atoms with Gasteiger partial charge in [-0.1, -0.05) is 11.2 Å². The lowest BCUT2D eigenvalue weighted by molar-refractivity contribution is -0.0185. The normalized spacial score (nSPS) is 20.7. The van der Waals surface area contributed by atoms with Gasteiger partial charge in [-0.25, -0.2) is 9.50 Å². The highest BCUT2D eigenvalue weighted by Gasteiger charge is 2.51. The number of aromatic nitrogens is 5. The van der Waals surface area contributed by atoms with E-state index in [0.29, 0.717) is 12.1 Å². The molecular weight excluding hydrogens is 576 g/mol. The zero-order valence-corrected chi connectivity index (χ0v) is 29.6. The second-order valence-electron chi connectivity index (χ2n) is 16.5. The summed E-state index contributed by atoms with van der Waals surface area (Å²) in [6, 6.07) is 7.44. The molecule has 8 rings (SSSR count). The fraction of sp³-hybridized carbons (Fsp3) is 0.370. The molecule has 2 atom stereocenters. The summed E-state index contributed by atoms with van der Waals surface area (Å²) in [6.45, 7) is 2.73. The van der Waals surface area contributed by atoms with Gasteiger partial charge in [0.05, 0.1) is 46.8 Å². The maximum absolute atomic E-state index is 6.61. The second-order valence-corrected chi connectivity index (χ2v) is 16.5. The zero-order valence-electron chi connectivity index (χ0n) is 29.6. The highest BCUT2D eigenvalue weighted by molar-refractivity contribution is 6.67. The van der Waals surface area contributed by atoms with E-state index in [1.54, 1.807) is 0 Å². The van der Waals surface area contributed by atoms with E-state index in [2.05, 4.69) is 134 Å². The highest BCUT2D eigenvalue weighted by Crippen LogP contribution is 2.41. The molecule has 2 bridgehead atoms. The quantitative estimate of drug-likeness (QED) is 0.179. The molecule has 2 unspecified atom stereocenters. The number of dihydropyridines is 1.